The van der Waals surface area contributed by atoms with Crippen molar-refractivity contribution in [2.45, 2.75) is 116 Å². The van der Waals surface area contributed by atoms with Crippen molar-refractivity contribution in [3.05, 3.63) is 12.2 Å². The van der Waals surface area contributed by atoms with Crippen LogP contribution in [0.5, 0.6) is 0 Å². The molecule has 1 aliphatic rings. The van der Waals surface area contributed by atoms with E-state index in [2.05, 4.69) is 0 Å². The first-order valence-corrected chi connectivity index (χ1v) is 13.5. The maximum absolute atomic E-state index is 13.4. The molecule has 10 nitrogen and oxygen atoms in total. The van der Waals surface area contributed by atoms with Gasteiger partial charge in [-0.05, 0) is 44.8 Å². The van der Waals surface area contributed by atoms with Crippen molar-refractivity contribution < 1.29 is 43.3 Å². The number of cyclic esters (lactones) is 1. The van der Waals surface area contributed by atoms with E-state index in [0.29, 0.717) is 6.42 Å². The van der Waals surface area contributed by atoms with E-state index in [-0.39, 0.29) is 24.7 Å². The number of ether oxygens (including phenoxy) is 3. The van der Waals surface area contributed by atoms with Crippen molar-refractivity contribution in [3.8, 4) is 0 Å². The van der Waals surface area contributed by atoms with Gasteiger partial charge in [-0.3, -0.25) is 19.2 Å². The second-order valence-corrected chi connectivity index (χ2v) is 10.6. The van der Waals surface area contributed by atoms with E-state index < -0.39 is 47.6 Å². The molecule has 1 saturated heterocycles. The number of rotatable bonds is 18. The molecule has 0 aromatic carbocycles. The fourth-order valence-electron chi connectivity index (χ4n) is 4.85. The number of ketones is 2. The lowest BCUT2D eigenvalue weighted by molar-refractivity contribution is -0.166. The van der Waals surface area contributed by atoms with Gasteiger partial charge < -0.3 is 19.3 Å². The smallest absolute Gasteiger partial charge is 0.417 e. The molecule has 0 aliphatic carbocycles. The highest BCUT2D eigenvalue weighted by Crippen LogP contribution is 2.35. The zero-order valence-electron chi connectivity index (χ0n) is 23.7. The monoisotopic (exact) mass is 539 g/mol. The van der Waals surface area contributed by atoms with Crippen molar-refractivity contribution in [3.63, 3.8) is 0 Å². The van der Waals surface area contributed by atoms with Crippen LogP contribution in [0.1, 0.15) is 92.4 Å². The molecule has 3 atom stereocenters. The zero-order chi connectivity index (χ0) is 28.9. The van der Waals surface area contributed by atoms with Gasteiger partial charge in [0.25, 0.3) is 5.91 Å². The van der Waals surface area contributed by atoms with E-state index in [0.717, 1.165) is 68.9 Å². The Morgan fingerprint density at radius 2 is 1.53 bits per heavy atom. The Balaban J connectivity index is 2.80. The van der Waals surface area contributed by atoms with Crippen molar-refractivity contribution >= 4 is 29.5 Å². The maximum Gasteiger partial charge on any atom is 0.417 e. The molecule has 1 heterocycles. The number of allylic oxidation sites excluding steroid dienone is 1. The van der Waals surface area contributed by atoms with E-state index in [1.165, 1.54) is 7.11 Å². The van der Waals surface area contributed by atoms with Crippen LogP contribution in [0.4, 0.5) is 4.79 Å². The lowest BCUT2D eigenvalue weighted by Crippen LogP contribution is -2.55. The molecule has 2 amide bonds. The van der Waals surface area contributed by atoms with E-state index in [9.17, 15) is 24.0 Å². The highest BCUT2D eigenvalue weighted by atomic mass is 16.6. The number of aliphatic hydroxyl groups excluding tert-OH is 1. The normalized spacial score (nSPS) is 18.5. The molecule has 1 fully saturated rings. The number of amides is 2. The summed E-state index contributed by atoms with van der Waals surface area (Å²) in [6.07, 6.45) is 5.93. The highest BCUT2D eigenvalue weighted by molar-refractivity contribution is 6.05. The number of imide groups is 1. The molecule has 216 valence electrons. The first-order chi connectivity index (χ1) is 17.9. The minimum Gasteiger partial charge on any atom is -0.451 e. The highest BCUT2D eigenvalue weighted by Gasteiger charge is 2.54. The number of carbonyl (C=O) groups excluding carboxylic acids is 5. The third-order valence-electron chi connectivity index (χ3n) is 6.52. The fraction of sp³-hybridized carbons (Fsp3) is 0.750. The van der Waals surface area contributed by atoms with Gasteiger partial charge in [0.15, 0.2) is 23.8 Å². The molecule has 1 aliphatic heterocycles. The number of methoxy groups -OCH3 is 1. The van der Waals surface area contributed by atoms with Gasteiger partial charge in [0.05, 0.1) is 6.04 Å². The second-order valence-electron chi connectivity index (χ2n) is 10.6. The molecular weight excluding hydrogens is 494 g/mol. The Bertz CT molecular complexity index is 849. The van der Waals surface area contributed by atoms with Gasteiger partial charge in [0, 0.05) is 27.1 Å². The van der Waals surface area contributed by atoms with Crippen LogP contribution in [-0.2, 0) is 33.4 Å². The Labute approximate surface area is 226 Å². The molecule has 0 aromatic rings. The van der Waals surface area contributed by atoms with Crippen LogP contribution in [-0.4, -0.2) is 77.1 Å². The predicted molar refractivity (Wildman–Crippen MR) is 140 cm³/mol. The standard InChI is InChI=1S/C28H45NO9/c1-19(2)25-28(4,5)38-27(35)29(25)26(34)24(36-6)23(37-20(3)31)22(33)17-16-21(32)15-13-11-9-7-8-10-12-14-18-30/h16-17,19,23-25,30H,7-15,18H2,1-6H3. The Hall–Kier alpha value is -2.59. The average Bonchev–Trinajstić information content (AvgIpc) is 3.08. The number of unbranched alkanes of at least 4 members (excludes halogenated alkanes) is 7. The molecular formula is C28H45NO9. The molecule has 1 rings (SSSR count). The van der Waals surface area contributed by atoms with Gasteiger partial charge in [0.2, 0.25) is 0 Å². The molecule has 0 bridgehead atoms. The molecule has 0 aromatic heterocycles. The number of nitrogens with zero attached hydrogens (tertiary/aromatic N) is 1. The van der Waals surface area contributed by atoms with Gasteiger partial charge in [-0.25, -0.2) is 9.69 Å². The van der Waals surface area contributed by atoms with Crippen LogP contribution < -0.4 is 0 Å². The number of esters is 1. The quantitative estimate of drug-likeness (QED) is 0.156. The number of hydrogen-bond donors (Lipinski definition) is 1. The molecule has 0 saturated carbocycles. The lowest BCUT2D eigenvalue weighted by atomic mass is 9.88. The summed E-state index contributed by atoms with van der Waals surface area (Å²) in [5, 5.41) is 8.78. The first kappa shape index (κ1) is 33.4. The van der Waals surface area contributed by atoms with Crippen LogP contribution >= 0.6 is 0 Å². The van der Waals surface area contributed by atoms with Crippen LogP contribution in [0.3, 0.4) is 0 Å². The molecule has 38 heavy (non-hydrogen) atoms. The van der Waals surface area contributed by atoms with Crippen molar-refractivity contribution in [2.24, 2.45) is 5.92 Å². The van der Waals surface area contributed by atoms with Gasteiger partial charge >= 0.3 is 12.1 Å². The summed E-state index contributed by atoms with van der Waals surface area (Å²) in [7, 11) is 1.17. The Morgan fingerprint density at radius 3 is 2.03 bits per heavy atom. The maximum atomic E-state index is 13.4. The Morgan fingerprint density at radius 1 is 0.974 bits per heavy atom. The van der Waals surface area contributed by atoms with E-state index >= 15 is 0 Å². The van der Waals surface area contributed by atoms with E-state index in [1.54, 1.807) is 13.8 Å². The van der Waals surface area contributed by atoms with Gasteiger partial charge in [0.1, 0.15) is 5.60 Å². The predicted octanol–water partition coefficient (Wildman–Crippen LogP) is 3.91. The molecule has 0 radical (unpaired) electrons. The summed E-state index contributed by atoms with van der Waals surface area (Å²) in [6.45, 7) is 8.35. The SMILES string of the molecule is COC(C(=O)N1C(=O)OC(C)(C)C1C(C)C)C(OC(C)=O)C(=O)C=CC(=O)CCCCCCCCCCO. The number of hydrogen-bond acceptors (Lipinski definition) is 9. The third kappa shape index (κ3) is 10.3. The van der Waals surface area contributed by atoms with Crippen molar-refractivity contribution in [1.82, 2.24) is 4.90 Å². The molecule has 3 unspecified atom stereocenters. The zero-order valence-corrected chi connectivity index (χ0v) is 23.7. The molecule has 0 spiro atoms. The summed E-state index contributed by atoms with van der Waals surface area (Å²) in [4.78, 5) is 63.9. The molecule has 1 N–H and O–H groups in total. The van der Waals surface area contributed by atoms with Gasteiger partial charge in [-0.1, -0.05) is 52.4 Å². The van der Waals surface area contributed by atoms with E-state index in [1.807, 2.05) is 13.8 Å². The van der Waals surface area contributed by atoms with Crippen LogP contribution in [0.2, 0.25) is 0 Å². The minimum atomic E-state index is -1.68. The second kappa shape index (κ2) is 16.4. The van der Waals surface area contributed by atoms with E-state index in [4.69, 9.17) is 19.3 Å². The largest absolute Gasteiger partial charge is 0.451 e. The number of carbonyl (C=O) groups is 5. The summed E-state index contributed by atoms with van der Waals surface area (Å²) in [5.74, 6) is -2.90. The van der Waals surface area contributed by atoms with Crippen molar-refractivity contribution in [2.75, 3.05) is 13.7 Å². The third-order valence-corrected chi connectivity index (χ3v) is 6.52. The fourth-order valence-corrected chi connectivity index (χ4v) is 4.85. The van der Waals surface area contributed by atoms with Gasteiger partial charge in [-0.2, -0.15) is 0 Å². The summed E-state index contributed by atoms with van der Waals surface area (Å²) in [5.41, 5.74) is -0.966. The summed E-state index contributed by atoms with van der Waals surface area (Å²) in [6, 6.07) is -0.633. The summed E-state index contributed by atoms with van der Waals surface area (Å²) < 4.78 is 15.8. The number of aliphatic hydroxyl groups is 1. The summed E-state index contributed by atoms with van der Waals surface area (Å²) >= 11 is 0. The topological polar surface area (TPSA) is 137 Å². The average molecular weight is 540 g/mol. The first-order valence-electron chi connectivity index (χ1n) is 13.5. The van der Waals surface area contributed by atoms with Crippen LogP contribution in [0.25, 0.3) is 0 Å². The Kier molecular flexibility index (Phi) is 14.4. The molecule has 10 heteroatoms. The minimum absolute atomic E-state index is 0.162. The van der Waals surface area contributed by atoms with Gasteiger partial charge in [-0.15, -0.1) is 0 Å². The van der Waals surface area contributed by atoms with Crippen molar-refractivity contribution in [1.29, 1.82) is 0 Å². The lowest BCUT2D eigenvalue weighted by Gasteiger charge is -2.33. The van der Waals surface area contributed by atoms with Crippen LogP contribution in [0, 0.1) is 5.92 Å². The van der Waals surface area contributed by atoms with Crippen LogP contribution in [0.15, 0.2) is 12.2 Å².